The van der Waals surface area contributed by atoms with E-state index in [1.807, 2.05) is 22.7 Å². The molecule has 5 aliphatic rings. The largest absolute Gasteiger partial charge is 0.299 e. The highest BCUT2D eigenvalue weighted by atomic mass is 32.1. The molecular formula is C50H76O2S2. The first-order valence-electron chi connectivity index (χ1n) is 23.5. The van der Waals surface area contributed by atoms with Gasteiger partial charge in [0.1, 0.15) is 11.6 Å². The molecule has 4 heteroatoms. The Morgan fingerprint density at radius 2 is 1.13 bits per heavy atom. The predicted octanol–water partition coefficient (Wildman–Crippen LogP) is 14.8. The Labute approximate surface area is 338 Å². The maximum absolute atomic E-state index is 15.1. The van der Waals surface area contributed by atoms with E-state index >= 15 is 4.79 Å². The predicted molar refractivity (Wildman–Crippen MR) is 231 cm³/mol. The average molecular weight is 773 g/mol. The molecule has 5 saturated carbocycles. The number of rotatable bonds is 18. The van der Waals surface area contributed by atoms with E-state index < -0.39 is 0 Å². The molecule has 0 bridgehead atoms. The number of aryl methyl sites for hydroxylation is 2. The summed E-state index contributed by atoms with van der Waals surface area (Å²) in [7, 11) is 0. The number of carbonyl (C=O) groups is 2. The molecule has 2 heterocycles. The minimum atomic E-state index is 0.120. The Bertz CT molecular complexity index is 1520. The fourth-order valence-electron chi connectivity index (χ4n) is 14.1. The molecule has 0 N–H and O–H groups in total. The summed E-state index contributed by atoms with van der Waals surface area (Å²) < 4.78 is 0. The van der Waals surface area contributed by atoms with Gasteiger partial charge in [-0.05, 0) is 149 Å². The zero-order valence-corrected chi connectivity index (χ0v) is 36.8. The molecule has 14 unspecified atom stereocenters. The standard InChI is InChI=1S/C50H76O2S2/c1-7-11-13-15-17-33(9-3)27-39-37-22-21-35-29-42(44-25-19-31(5)53-44)50(52)46(35)48(37)40(28-34(10-4)18-16-14-12-8-2)36-23-24-38-41(47(36)39)30-43(49(38)51)45-26-20-32(6)54-45/h19-20,25-26,33-43,46-48H,7-18,21-24,27-30H2,1-6H3. The fraction of sp³-hybridized carbons (Fsp3) is 0.800. The Morgan fingerprint density at radius 1 is 0.593 bits per heavy atom. The van der Waals surface area contributed by atoms with Gasteiger partial charge in [0.05, 0.1) is 11.8 Å². The molecule has 0 saturated heterocycles. The summed E-state index contributed by atoms with van der Waals surface area (Å²) in [5.74, 6) is 8.55. The Balaban J connectivity index is 1.26. The van der Waals surface area contributed by atoms with Crippen molar-refractivity contribution in [2.75, 3.05) is 0 Å². The molecular weight excluding hydrogens is 697 g/mol. The minimum absolute atomic E-state index is 0.120. The van der Waals surface area contributed by atoms with Crippen LogP contribution in [0, 0.1) is 84.9 Å². The van der Waals surface area contributed by atoms with E-state index in [9.17, 15) is 4.79 Å². The summed E-state index contributed by atoms with van der Waals surface area (Å²) >= 11 is 3.78. The first-order valence-corrected chi connectivity index (χ1v) is 25.1. The van der Waals surface area contributed by atoms with E-state index in [0.717, 1.165) is 31.1 Å². The van der Waals surface area contributed by atoms with Crippen LogP contribution >= 0.6 is 22.7 Å². The summed E-state index contributed by atoms with van der Waals surface area (Å²) in [6.45, 7) is 14.0. The lowest BCUT2D eigenvalue weighted by molar-refractivity contribution is -0.150. The van der Waals surface area contributed by atoms with Crippen molar-refractivity contribution in [1.82, 2.24) is 0 Å². The van der Waals surface area contributed by atoms with Crippen LogP contribution < -0.4 is 0 Å². The molecule has 5 aliphatic carbocycles. The van der Waals surface area contributed by atoms with Crippen LogP contribution in [0.2, 0.25) is 0 Å². The Hall–Kier alpha value is -1.26. The van der Waals surface area contributed by atoms with Gasteiger partial charge in [0.25, 0.3) is 0 Å². The third-order valence-electron chi connectivity index (χ3n) is 16.6. The van der Waals surface area contributed by atoms with Gasteiger partial charge in [0.15, 0.2) is 0 Å². The van der Waals surface area contributed by atoms with Crippen molar-refractivity contribution in [2.45, 2.75) is 182 Å². The summed E-state index contributed by atoms with van der Waals surface area (Å²) in [4.78, 5) is 35.0. The van der Waals surface area contributed by atoms with Gasteiger partial charge in [-0.1, -0.05) is 105 Å². The van der Waals surface area contributed by atoms with E-state index in [-0.39, 0.29) is 23.7 Å². The molecule has 2 aromatic rings. The maximum atomic E-state index is 15.1. The van der Waals surface area contributed by atoms with Crippen molar-refractivity contribution in [3.05, 3.63) is 43.8 Å². The van der Waals surface area contributed by atoms with E-state index in [0.29, 0.717) is 58.9 Å². The second kappa shape index (κ2) is 18.6. The molecule has 54 heavy (non-hydrogen) atoms. The number of carbonyl (C=O) groups excluding carboxylic acids is 2. The van der Waals surface area contributed by atoms with Gasteiger partial charge in [0, 0.05) is 31.3 Å². The third kappa shape index (κ3) is 8.33. The van der Waals surface area contributed by atoms with Gasteiger partial charge in [-0.3, -0.25) is 9.59 Å². The lowest BCUT2D eigenvalue weighted by Gasteiger charge is -2.61. The Morgan fingerprint density at radius 3 is 1.67 bits per heavy atom. The number of fused-ring (bicyclic) bond motifs is 6. The summed E-state index contributed by atoms with van der Waals surface area (Å²) in [6.07, 6.45) is 25.9. The van der Waals surface area contributed by atoms with Crippen LogP contribution in [-0.2, 0) is 9.59 Å². The number of Topliss-reactive ketones (excluding diaryl/α,β-unsaturated/α-hetero) is 2. The van der Waals surface area contributed by atoms with E-state index in [1.54, 1.807) is 0 Å². The SMILES string of the molecule is CCCCCCC(CC)CC1C2CCC3CC(c4ccc(C)s4)C(=O)C3C2C(CC(CC)CCCCCC)C2CCC3C(=O)C(c4ccc(C)s4)CC3C12. The molecule has 7 rings (SSSR count). The van der Waals surface area contributed by atoms with Crippen LogP contribution in [0.1, 0.15) is 187 Å². The monoisotopic (exact) mass is 773 g/mol. The van der Waals surface area contributed by atoms with Gasteiger partial charge in [-0.25, -0.2) is 0 Å². The summed E-state index contributed by atoms with van der Waals surface area (Å²) in [6, 6.07) is 9.09. The van der Waals surface area contributed by atoms with Crippen LogP contribution in [0.15, 0.2) is 24.3 Å². The van der Waals surface area contributed by atoms with Gasteiger partial charge in [0.2, 0.25) is 0 Å². The fourth-order valence-corrected chi connectivity index (χ4v) is 16.1. The first kappa shape index (κ1) is 40.9. The van der Waals surface area contributed by atoms with E-state index in [1.165, 1.54) is 129 Å². The second-order valence-electron chi connectivity index (χ2n) is 19.5. The normalized spacial score (nSPS) is 35.7. The highest BCUT2D eigenvalue weighted by molar-refractivity contribution is 7.12. The van der Waals surface area contributed by atoms with Crippen LogP contribution in [0.4, 0.5) is 0 Å². The molecule has 0 amide bonds. The van der Waals surface area contributed by atoms with Gasteiger partial charge in [-0.2, -0.15) is 0 Å². The van der Waals surface area contributed by atoms with E-state index in [2.05, 4.69) is 65.8 Å². The minimum Gasteiger partial charge on any atom is -0.299 e. The maximum Gasteiger partial charge on any atom is 0.144 e. The van der Waals surface area contributed by atoms with Crippen LogP contribution in [0.5, 0.6) is 0 Å². The van der Waals surface area contributed by atoms with Crippen molar-refractivity contribution < 1.29 is 9.59 Å². The lowest BCUT2D eigenvalue weighted by Crippen LogP contribution is -2.57. The first-order chi connectivity index (χ1) is 26.3. The molecule has 0 radical (unpaired) electrons. The molecule has 14 atom stereocenters. The number of hydrogen-bond acceptors (Lipinski definition) is 4. The zero-order valence-electron chi connectivity index (χ0n) is 35.2. The smallest absolute Gasteiger partial charge is 0.144 e. The van der Waals surface area contributed by atoms with Crippen molar-refractivity contribution >= 4 is 34.2 Å². The second-order valence-corrected chi connectivity index (χ2v) is 22.2. The van der Waals surface area contributed by atoms with E-state index in [4.69, 9.17) is 0 Å². The molecule has 0 aliphatic heterocycles. The number of unbranched alkanes of at least 4 members (excludes halogenated alkanes) is 6. The summed E-state index contributed by atoms with van der Waals surface area (Å²) in [5.41, 5.74) is 0. The lowest BCUT2D eigenvalue weighted by atomic mass is 9.43. The van der Waals surface area contributed by atoms with Crippen molar-refractivity contribution in [3.63, 3.8) is 0 Å². The number of hydrogen-bond donors (Lipinski definition) is 0. The van der Waals surface area contributed by atoms with Gasteiger partial charge >= 0.3 is 0 Å². The highest BCUT2D eigenvalue weighted by Crippen LogP contribution is 2.67. The van der Waals surface area contributed by atoms with Crippen LogP contribution in [0.3, 0.4) is 0 Å². The van der Waals surface area contributed by atoms with Gasteiger partial charge in [-0.15, -0.1) is 22.7 Å². The topological polar surface area (TPSA) is 34.1 Å². The van der Waals surface area contributed by atoms with Crippen molar-refractivity contribution in [1.29, 1.82) is 0 Å². The average Bonchev–Trinajstić information content (AvgIpc) is 3.96. The Kier molecular flexibility index (Phi) is 14.1. The molecule has 0 aromatic carbocycles. The van der Waals surface area contributed by atoms with Crippen molar-refractivity contribution in [2.24, 2.45) is 71.0 Å². The third-order valence-corrected chi connectivity index (χ3v) is 18.9. The van der Waals surface area contributed by atoms with Crippen molar-refractivity contribution in [3.8, 4) is 0 Å². The van der Waals surface area contributed by atoms with Gasteiger partial charge < -0.3 is 0 Å². The molecule has 5 fully saturated rings. The molecule has 2 nitrogen and oxygen atoms in total. The summed E-state index contributed by atoms with van der Waals surface area (Å²) in [5, 5.41) is 0. The molecule has 300 valence electrons. The number of ketones is 2. The van der Waals surface area contributed by atoms with Crippen LogP contribution in [-0.4, -0.2) is 11.6 Å². The molecule has 0 spiro atoms. The quantitative estimate of drug-likeness (QED) is 0.141. The number of thiophene rings is 2. The highest BCUT2D eigenvalue weighted by Gasteiger charge is 2.63. The zero-order chi connectivity index (χ0) is 37.9. The van der Waals surface area contributed by atoms with Crippen LogP contribution in [0.25, 0.3) is 0 Å². The molecule has 2 aromatic heterocycles.